The molecule has 0 radical (unpaired) electrons. The van der Waals surface area contributed by atoms with E-state index in [0.29, 0.717) is 12.0 Å². The van der Waals surface area contributed by atoms with Crippen molar-refractivity contribution in [3.63, 3.8) is 0 Å². The van der Waals surface area contributed by atoms with Crippen LogP contribution in [0.2, 0.25) is 0 Å². The number of aromatic amines is 1. The highest BCUT2D eigenvalue weighted by Crippen LogP contribution is 2.20. The van der Waals surface area contributed by atoms with Crippen molar-refractivity contribution in [3.05, 3.63) is 36.0 Å². The monoisotopic (exact) mass is 341 g/mol. The van der Waals surface area contributed by atoms with E-state index in [1.54, 1.807) is 0 Å². The van der Waals surface area contributed by atoms with Crippen molar-refractivity contribution in [1.29, 1.82) is 0 Å². The Hall–Kier alpha value is -1.89. The molecule has 2 fully saturated rings. The molecule has 1 aromatic heterocycles. The highest BCUT2D eigenvalue weighted by Gasteiger charge is 2.28. The summed E-state index contributed by atoms with van der Waals surface area (Å²) in [5.41, 5.74) is 8.63. The van der Waals surface area contributed by atoms with Gasteiger partial charge in [-0.25, -0.2) is 5.43 Å². The van der Waals surface area contributed by atoms with Crippen LogP contribution in [0.15, 0.2) is 30.3 Å². The van der Waals surface area contributed by atoms with Crippen LogP contribution in [0.3, 0.4) is 0 Å². The Labute approximate surface area is 148 Å². The van der Waals surface area contributed by atoms with Gasteiger partial charge in [0.15, 0.2) is 0 Å². The molecule has 2 aromatic rings. The Bertz CT molecular complexity index is 709. The molecule has 2 aliphatic heterocycles. The van der Waals surface area contributed by atoms with Gasteiger partial charge in [-0.1, -0.05) is 18.2 Å². The van der Waals surface area contributed by atoms with Crippen LogP contribution < -0.4 is 16.2 Å². The van der Waals surface area contributed by atoms with E-state index < -0.39 is 0 Å². The number of likely N-dealkylation sites (tertiary alicyclic amines) is 1. The molecule has 2 aliphatic rings. The van der Waals surface area contributed by atoms with E-state index in [1.165, 1.54) is 16.6 Å². The Morgan fingerprint density at radius 3 is 3.00 bits per heavy atom. The lowest BCUT2D eigenvalue weighted by molar-refractivity contribution is -0.123. The molecule has 6 heteroatoms. The third-order valence-corrected chi connectivity index (χ3v) is 5.32. The molecule has 0 saturated carbocycles. The molecular weight excluding hydrogens is 314 g/mol. The minimum atomic E-state index is -0.0983. The standard InChI is InChI=1S/C19H27N5O/c1-13-8-18(23-22-13)19(25)20-10-14-6-7-24(11-14)12-16-9-15-4-2-3-5-17(15)21-16/h2-5,9,13-14,18,21-23H,6-8,10-12H2,1H3,(H,20,25). The SMILES string of the molecule is CC1CC(C(=O)NCC2CCN(Cc3cc4ccccc4[nH]3)C2)NN1. The summed E-state index contributed by atoms with van der Waals surface area (Å²) >= 11 is 0. The quantitative estimate of drug-likeness (QED) is 0.663. The van der Waals surface area contributed by atoms with E-state index in [0.717, 1.165) is 39.0 Å². The summed E-state index contributed by atoms with van der Waals surface area (Å²) in [6, 6.07) is 10.9. The summed E-state index contributed by atoms with van der Waals surface area (Å²) in [5.74, 6) is 0.658. The first-order valence-corrected chi connectivity index (χ1v) is 9.25. The van der Waals surface area contributed by atoms with Gasteiger partial charge >= 0.3 is 0 Å². The number of fused-ring (bicyclic) bond motifs is 1. The predicted molar refractivity (Wildman–Crippen MR) is 98.8 cm³/mol. The molecule has 0 spiro atoms. The Balaban J connectivity index is 1.24. The highest BCUT2D eigenvalue weighted by molar-refractivity contribution is 5.82. The van der Waals surface area contributed by atoms with E-state index in [4.69, 9.17) is 0 Å². The second-order valence-corrected chi connectivity index (χ2v) is 7.49. The topological polar surface area (TPSA) is 72.2 Å². The van der Waals surface area contributed by atoms with Crippen LogP contribution in [-0.4, -0.2) is 47.5 Å². The Kier molecular flexibility index (Phi) is 4.74. The molecule has 0 aliphatic carbocycles. The maximum Gasteiger partial charge on any atom is 0.238 e. The average molecular weight is 341 g/mol. The molecule has 3 unspecified atom stereocenters. The normalized spacial score (nSPS) is 27.2. The zero-order valence-corrected chi connectivity index (χ0v) is 14.7. The molecule has 3 heterocycles. The molecule has 1 amide bonds. The zero-order chi connectivity index (χ0) is 17.2. The van der Waals surface area contributed by atoms with Crippen LogP contribution in [0.1, 0.15) is 25.5 Å². The molecular formula is C19H27N5O. The van der Waals surface area contributed by atoms with Crippen molar-refractivity contribution in [2.75, 3.05) is 19.6 Å². The minimum Gasteiger partial charge on any atom is -0.357 e. The predicted octanol–water partition coefficient (Wildman–Crippen LogP) is 1.36. The van der Waals surface area contributed by atoms with E-state index in [1.807, 2.05) is 0 Å². The highest BCUT2D eigenvalue weighted by atomic mass is 16.2. The number of hydrazine groups is 1. The van der Waals surface area contributed by atoms with Crippen LogP contribution in [0, 0.1) is 5.92 Å². The second-order valence-electron chi connectivity index (χ2n) is 7.49. The largest absolute Gasteiger partial charge is 0.357 e. The van der Waals surface area contributed by atoms with Crippen LogP contribution in [0.25, 0.3) is 10.9 Å². The fourth-order valence-corrected chi connectivity index (χ4v) is 3.94. The average Bonchev–Trinajstić information content (AvgIpc) is 3.32. The lowest BCUT2D eigenvalue weighted by Gasteiger charge is -2.16. The molecule has 3 atom stereocenters. The number of para-hydroxylation sites is 1. The van der Waals surface area contributed by atoms with Crippen molar-refractivity contribution in [2.24, 2.45) is 5.92 Å². The number of rotatable bonds is 5. The number of hydrogen-bond acceptors (Lipinski definition) is 4. The first kappa shape index (κ1) is 16.6. The van der Waals surface area contributed by atoms with Gasteiger partial charge in [0.1, 0.15) is 6.04 Å². The molecule has 6 nitrogen and oxygen atoms in total. The fraction of sp³-hybridized carbons (Fsp3) is 0.526. The number of carbonyl (C=O) groups is 1. The number of hydrogen-bond donors (Lipinski definition) is 4. The minimum absolute atomic E-state index is 0.0983. The third-order valence-electron chi connectivity index (χ3n) is 5.32. The molecule has 134 valence electrons. The zero-order valence-electron chi connectivity index (χ0n) is 14.7. The second kappa shape index (κ2) is 7.15. The summed E-state index contributed by atoms with van der Waals surface area (Å²) in [6.45, 7) is 5.94. The lowest BCUT2D eigenvalue weighted by Crippen LogP contribution is -2.44. The van der Waals surface area contributed by atoms with Crippen molar-refractivity contribution in [2.45, 2.75) is 38.4 Å². The van der Waals surface area contributed by atoms with Crippen LogP contribution in [0.4, 0.5) is 0 Å². The van der Waals surface area contributed by atoms with E-state index in [-0.39, 0.29) is 11.9 Å². The molecule has 2 saturated heterocycles. The van der Waals surface area contributed by atoms with Crippen LogP contribution in [-0.2, 0) is 11.3 Å². The van der Waals surface area contributed by atoms with E-state index >= 15 is 0 Å². The Morgan fingerprint density at radius 2 is 2.20 bits per heavy atom. The van der Waals surface area contributed by atoms with E-state index in [9.17, 15) is 4.79 Å². The lowest BCUT2D eigenvalue weighted by atomic mass is 10.1. The summed E-state index contributed by atoms with van der Waals surface area (Å²) in [4.78, 5) is 18.2. The first-order valence-electron chi connectivity index (χ1n) is 9.25. The number of nitrogens with zero attached hydrogens (tertiary/aromatic N) is 1. The number of aromatic nitrogens is 1. The smallest absolute Gasteiger partial charge is 0.238 e. The van der Waals surface area contributed by atoms with Gasteiger partial charge in [0.2, 0.25) is 5.91 Å². The van der Waals surface area contributed by atoms with Gasteiger partial charge in [0, 0.05) is 36.9 Å². The molecule has 25 heavy (non-hydrogen) atoms. The number of H-pyrrole nitrogens is 1. The summed E-state index contributed by atoms with van der Waals surface area (Å²) in [5, 5.41) is 4.39. The van der Waals surface area contributed by atoms with Crippen molar-refractivity contribution in [3.8, 4) is 0 Å². The van der Waals surface area contributed by atoms with Gasteiger partial charge < -0.3 is 10.3 Å². The van der Waals surface area contributed by atoms with Crippen molar-refractivity contribution >= 4 is 16.8 Å². The third kappa shape index (κ3) is 3.86. The van der Waals surface area contributed by atoms with Gasteiger partial charge in [-0.05, 0) is 49.7 Å². The molecule has 1 aromatic carbocycles. The summed E-state index contributed by atoms with van der Waals surface area (Å²) in [6.07, 6.45) is 2.00. The summed E-state index contributed by atoms with van der Waals surface area (Å²) in [7, 11) is 0. The van der Waals surface area contributed by atoms with Gasteiger partial charge in [0.25, 0.3) is 0 Å². The maximum absolute atomic E-state index is 12.2. The number of benzene rings is 1. The van der Waals surface area contributed by atoms with Gasteiger partial charge in [-0.2, -0.15) is 0 Å². The molecule has 4 N–H and O–H groups in total. The van der Waals surface area contributed by atoms with Gasteiger partial charge in [0.05, 0.1) is 0 Å². The maximum atomic E-state index is 12.2. The van der Waals surface area contributed by atoms with Crippen LogP contribution in [0.5, 0.6) is 0 Å². The molecule has 4 rings (SSSR count). The number of carbonyl (C=O) groups excluding carboxylic acids is 1. The number of nitrogens with one attached hydrogen (secondary N) is 4. The van der Waals surface area contributed by atoms with Gasteiger partial charge in [-0.3, -0.25) is 15.1 Å². The van der Waals surface area contributed by atoms with Crippen molar-refractivity contribution in [1.82, 2.24) is 26.1 Å². The van der Waals surface area contributed by atoms with Crippen LogP contribution >= 0.6 is 0 Å². The van der Waals surface area contributed by atoms with E-state index in [2.05, 4.69) is 63.3 Å². The van der Waals surface area contributed by atoms with Crippen molar-refractivity contribution < 1.29 is 4.79 Å². The first-order chi connectivity index (χ1) is 12.2. The number of amides is 1. The Morgan fingerprint density at radius 1 is 1.32 bits per heavy atom. The fourth-order valence-electron chi connectivity index (χ4n) is 3.94. The summed E-state index contributed by atoms with van der Waals surface area (Å²) < 4.78 is 0. The molecule has 0 bridgehead atoms. The van der Waals surface area contributed by atoms with Gasteiger partial charge in [-0.15, -0.1) is 0 Å².